The van der Waals surface area contributed by atoms with Crippen molar-refractivity contribution in [3.05, 3.63) is 51.9 Å². The normalized spacial score (nSPS) is 16.9. The monoisotopic (exact) mass is 344 g/mol. The van der Waals surface area contributed by atoms with Gasteiger partial charge in [0.05, 0.1) is 5.71 Å². The van der Waals surface area contributed by atoms with Crippen LogP contribution in [-0.4, -0.2) is 22.9 Å². The average Bonchev–Trinajstić information content (AvgIpc) is 2.71. The van der Waals surface area contributed by atoms with Gasteiger partial charge in [-0.2, -0.15) is 0 Å². The molecule has 23 heavy (non-hydrogen) atoms. The fourth-order valence-electron chi connectivity index (χ4n) is 2.48. The van der Waals surface area contributed by atoms with Crippen molar-refractivity contribution in [3.8, 4) is 0 Å². The summed E-state index contributed by atoms with van der Waals surface area (Å²) in [4.78, 5) is 18.2. The number of hydrogen-bond donors (Lipinski definition) is 3. The molecule has 1 atom stereocenters. The third kappa shape index (κ3) is 2.97. The largest absolute Gasteiger partial charge is 0.376 e. The number of nitrogens with one attached hydrogen (secondary N) is 2. The summed E-state index contributed by atoms with van der Waals surface area (Å²) in [5, 5.41) is 6.52. The zero-order valence-corrected chi connectivity index (χ0v) is 14.3. The number of rotatable bonds is 2. The number of aryl methyl sites for hydroxylation is 1. The van der Waals surface area contributed by atoms with Crippen LogP contribution in [0.15, 0.2) is 35.3 Å². The molecule has 0 radical (unpaired) electrons. The van der Waals surface area contributed by atoms with Crippen LogP contribution in [0.1, 0.15) is 21.6 Å². The van der Waals surface area contributed by atoms with E-state index in [4.69, 9.17) is 18.0 Å². The van der Waals surface area contributed by atoms with Gasteiger partial charge in [-0.25, -0.2) is 4.99 Å². The Bertz CT molecular complexity index is 811. The van der Waals surface area contributed by atoms with E-state index < -0.39 is 6.17 Å². The van der Waals surface area contributed by atoms with E-state index in [1.807, 2.05) is 44.2 Å². The van der Waals surface area contributed by atoms with Gasteiger partial charge in [0.15, 0.2) is 5.11 Å². The first-order valence-corrected chi connectivity index (χ1v) is 8.30. The average molecular weight is 344 g/mol. The van der Waals surface area contributed by atoms with E-state index in [9.17, 15) is 4.79 Å². The minimum absolute atomic E-state index is 0.0412. The highest BCUT2D eigenvalue weighted by Gasteiger charge is 2.29. The van der Waals surface area contributed by atoms with Crippen LogP contribution in [0.3, 0.4) is 0 Å². The molecule has 4 N–H and O–H groups in total. The summed E-state index contributed by atoms with van der Waals surface area (Å²) in [5.41, 5.74) is 9.31. The molecule has 0 saturated carbocycles. The summed E-state index contributed by atoms with van der Waals surface area (Å²) >= 11 is 6.41. The Labute approximate surface area is 143 Å². The molecular formula is C16H16N4OS2. The Morgan fingerprint density at radius 1 is 1.35 bits per heavy atom. The second kappa shape index (κ2) is 6.10. The maximum absolute atomic E-state index is 12.4. The SMILES string of the molecule is Cc1sc2c(c1C)C(c1ccccc1)=NC(NC(N)=S)C(=O)N2. The molecule has 0 saturated heterocycles. The van der Waals surface area contributed by atoms with Crippen molar-refractivity contribution < 1.29 is 4.79 Å². The van der Waals surface area contributed by atoms with Gasteiger partial charge in [0, 0.05) is 16.0 Å². The van der Waals surface area contributed by atoms with E-state index >= 15 is 0 Å². The smallest absolute Gasteiger partial charge is 0.270 e. The topological polar surface area (TPSA) is 79.5 Å². The van der Waals surface area contributed by atoms with Crippen molar-refractivity contribution in [1.82, 2.24) is 5.32 Å². The molecular weight excluding hydrogens is 328 g/mol. The second-order valence-corrected chi connectivity index (χ2v) is 6.90. The van der Waals surface area contributed by atoms with Crippen molar-refractivity contribution in [2.24, 2.45) is 10.7 Å². The molecule has 1 amide bonds. The number of carbonyl (C=O) groups is 1. The molecule has 0 bridgehead atoms. The first kappa shape index (κ1) is 15.6. The fraction of sp³-hybridized carbons (Fsp3) is 0.188. The van der Waals surface area contributed by atoms with Gasteiger partial charge in [0.25, 0.3) is 5.91 Å². The van der Waals surface area contributed by atoms with Crippen LogP contribution in [0.5, 0.6) is 0 Å². The molecule has 5 nitrogen and oxygen atoms in total. The van der Waals surface area contributed by atoms with E-state index in [2.05, 4.69) is 15.6 Å². The van der Waals surface area contributed by atoms with Crippen LogP contribution in [-0.2, 0) is 4.79 Å². The zero-order chi connectivity index (χ0) is 16.6. The van der Waals surface area contributed by atoms with Crippen LogP contribution in [0.25, 0.3) is 0 Å². The van der Waals surface area contributed by atoms with E-state index in [1.165, 1.54) is 0 Å². The highest BCUT2D eigenvalue weighted by molar-refractivity contribution is 7.80. The molecule has 0 aliphatic carbocycles. The highest BCUT2D eigenvalue weighted by Crippen LogP contribution is 2.36. The number of aliphatic imine (C=N–C) groups is 1. The van der Waals surface area contributed by atoms with Gasteiger partial charge in [0.1, 0.15) is 5.00 Å². The Morgan fingerprint density at radius 3 is 2.70 bits per heavy atom. The van der Waals surface area contributed by atoms with Crippen molar-refractivity contribution >= 4 is 45.3 Å². The van der Waals surface area contributed by atoms with Crippen LogP contribution in [0.2, 0.25) is 0 Å². The van der Waals surface area contributed by atoms with E-state index in [1.54, 1.807) is 11.3 Å². The lowest BCUT2D eigenvalue weighted by Gasteiger charge is -2.13. The van der Waals surface area contributed by atoms with Gasteiger partial charge in [-0.1, -0.05) is 30.3 Å². The predicted octanol–water partition coefficient (Wildman–Crippen LogP) is 2.31. The van der Waals surface area contributed by atoms with Crippen molar-refractivity contribution in [2.75, 3.05) is 5.32 Å². The third-order valence-electron chi connectivity index (χ3n) is 3.69. The standard InChI is InChI=1S/C16H16N4OS2/c1-8-9(2)23-15-11(8)12(10-6-4-3-5-7-10)18-13(14(21)20-15)19-16(17)22/h3-7,13H,1-2H3,(H,20,21)(H3,17,19,22). The van der Waals surface area contributed by atoms with Gasteiger partial charge < -0.3 is 16.4 Å². The molecule has 2 aromatic rings. The molecule has 1 aliphatic heterocycles. The lowest BCUT2D eigenvalue weighted by molar-refractivity contribution is -0.117. The fourth-order valence-corrected chi connectivity index (χ4v) is 3.66. The quantitative estimate of drug-likeness (QED) is 0.731. The minimum Gasteiger partial charge on any atom is -0.376 e. The first-order chi connectivity index (χ1) is 11.0. The summed E-state index contributed by atoms with van der Waals surface area (Å²) in [6.45, 7) is 4.07. The van der Waals surface area contributed by atoms with Crippen molar-refractivity contribution in [3.63, 3.8) is 0 Å². The summed E-state index contributed by atoms with van der Waals surface area (Å²) in [6, 6.07) is 9.79. The predicted molar refractivity (Wildman–Crippen MR) is 98.2 cm³/mol. The van der Waals surface area contributed by atoms with E-state index in [0.29, 0.717) is 0 Å². The lowest BCUT2D eigenvalue weighted by atomic mass is 10.00. The first-order valence-electron chi connectivity index (χ1n) is 7.08. The molecule has 7 heteroatoms. The Morgan fingerprint density at radius 2 is 2.04 bits per heavy atom. The molecule has 0 fully saturated rings. The number of thiocarbonyl (C=S) groups is 1. The zero-order valence-electron chi connectivity index (χ0n) is 12.7. The van der Waals surface area contributed by atoms with Crippen LogP contribution < -0.4 is 16.4 Å². The van der Waals surface area contributed by atoms with Crippen molar-refractivity contribution in [2.45, 2.75) is 20.0 Å². The summed E-state index contributed by atoms with van der Waals surface area (Å²) in [7, 11) is 0. The highest BCUT2D eigenvalue weighted by atomic mass is 32.1. The molecule has 0 spiro atoms. The van der Waals surface area contributed by atoms with Gasteiger partial charge in [-0.05, 0) is 31.6 Å². The number of carbonyl (C=O) groups excluding carboxylic acids is 1. The van der Waals surface area contributed by atoms with E-state index in [-0.39, 0.29) is 11.0 Å². The Hall–Kier alpha value is -2.25. The molecule has 2 heterocycles. The molecule has 1 unspecified atom stereocenters. The number of fused-ring (bicyclic) bond motifs is 1. The van der Waals surface area contributed by atoms with Crippen LogP contribution >= 0.6 is 23.6 Å². The second-order valence-electron chi connectivity index (χ2n) is 5.23. The third-order valence-corrected chi connectivity index (χ3v) is 4.93. The number of anilines is 1. The molecule has 118 valence electrons. The molecule has 3 rings (SSSR count). The molecule has 1 aromatic heterocycles. The minimum atomic E-state index is -0.845. The maximum Gasteiger partial charge on any atom is 0.270 e. The Balaban J connectivity index is 2.20. The van der Waals surface area contributed by atoms with Crippen molar-refractivity contribution in [1.29, 1.82) is 0 Å². The Kier molecular flexibility index (Phi) is 4.14. The van der Waals surface area contributed by atoms with E-state index in [0.717, 1.165) is 32.3 Å². The lowest BCUT2D eigenvalue weighted by Crippen LogP contribution is -2.44. The van der Waals surface area contributed by atoms with Gasteiger partial charge in [-0.15, -0.1) is 11.3 Å². The maximum atomic E-state index is 12.4. The van der Waals surface area contributed by atoms with Gasteiger partial charge in [-0.3, -0.25) is 4.79 Å². The number of thiophene rings is 1. The van der Waals surface area contributed by atoms with Gasteiger partial charge >= 0.3 is 0 Å². The number of benzene rings is 1. The number of nitrogens with zero attached hydrogens (tertiary/aromatic N) is 1. The number of nitrogens with two attached hydrogens (primary N) is 1. The summed E-state index contributed by atoms with van der Waals surface area (Å²) in [5.74, 6) is -0.272. The van der Waals surface area contributed by atoms with Crippen LogP contribution in [0, 0.1) is 13.8 Å². The number of hydrogen-bond acceptors (Lipinski definition) is 4. The number of amides is 1. The molecule has 1 aromatic carbocycles. The molecule has 1 aliphatic rings. The summed E-state index contributed by atoms with van der Waals surface area (Å²) in [6.07, 6.45) is -0.845. The summed E-state index contributed by atoms with van der Waals surface area (Å²) < 4.78 is 0. The van der Waals surface area contributed by atoms with Gasteiger partial charge in [0.2, 0.25) is 6.17 Å². The van der Waals surface area contributed by atoms with Crippen LogP contribution in [0.4, 0.5) is 5.00 Å².